The molecule has 0 spiro atoms. The van der Waals surface area contributed by atoms with E-state index in [1.807, 2.05) is 13.8 Å². The van der Waals surface area contributed by atoms with Crippen LogP contribution in [0.2, 0.25) is 0 Å². The first-order valence-corrected chi connectivity index (χ1v) is 7.72. The molecule has 2 rings (SSSR count). The van der Waals surface area contributed by atoms with Crippen LogP contribution in [0.25, 0.3) is 0 Å². The van der Waals surface area contributed by atoms with Gasteiger partial charge >= 0.3 is 0 Å². The Labute approximate surface area is 122 Å². The Bertz CT molecular complexity index is 300. The standard InChI is InChI=1S/C14H27N.C2H6.CH5N/c1-10(2)13(7)11(3,4)15(9)12(5,6)14(10,13)8;2*1-2/h1-9H3;1-2H3;2H2,1H3. The molecule has 2 aliphatic rings. The topological polar surface area (TPSA) is 29.3 Å². The predicted octanol–water partition coefficient (Wildman–Crippen LogP) is 4.14. The van der Waals surface area contributed by atoms with E-state index in [4.69, 9.17) is 0 Å². The van der Waals surface area contributed by atoms with Gasteiger partial charge in [-0.1, -0.05) is 41.5 Å². The highest BCUT2D eigenvalue weighted by atomic mass is 15.3. The van der Waals surface area contributed by atoms with E-state index >= 15 is 0 Å². The van der Waals surface area contributed by atoms with Crippen molar-refractivity contribution in [2.45, 2.75) is 80.3 Å². The van der Waals surface area contributed by atoms with Gasteiger partial charge in [-0.25, -0.2) is 0 Å². The van der Waals surface area contributed by atoms with Gasteiger partial charge in [-0.15, -0.1) is 0 Å². The Balaban J connectivity index is 0.000000741. The molecule has 2 N–H and O–H groups in total. The molecule has 1 aliphatic heterocycles. The van der Waals surface area contributed by atoms with Crippen LogP contribution in [0, 0.1) is 16.2 Å². The molecule has 1 saturated heterocycles. The molecule has 1 saturated carbocycles. The van der Waals surface area contributed by atoms with Crippen molar-refractivity contribution < 1.29 is 0 Å². The first kappa shape index (κ1) is 18.9. The molecule has 1 aliphatic carbocycles. The van der Waals surface area contributed by atoms with Crippen molar-refractivity contribution in [3.63, 3.8) is 0 Å². The molecule has 2 nitrogen and oxygen atoms in total. The maximum Gasteiger partial charge on any atom is 0.0220 e. The second-order valence-electron chi connectivity index (χ2n) is 7.55. The van der Waals surface area contributed by atoms with Gasteiger partial charge < -0.3 is 5.73 Å². The van der Waals surface area contributed by atoms with E-state index < -0.39 is 0 Å². The third kappa shape index (κ3) is 1.51. The molecule has 0 aromatic carbocycles. The lowest BCUT2D eigenvalue weighted by molar-refractivity contribution is 0.00947. The highest BCUT2D eigenvalue weighted by molar-refractivity contribution is 5.41. The molecule has 2 fully saturated rings. The summed E-state index contributed by atoms with van der Waals surface area (Å²) >= 11 is 0. The summed E-state index contributed by atoms with van der Waals surface area (Å²) in [6.45, 7) is 23.5. The summed E-state index contributed by atoms with van der Waals surface area (Å²) in [5, 5.41) is 0. The molecule has 0 radical (unpaired) electrons. The Kier molecular flexibility index (Phi) is 4.71. The summed E-state index contributed by atoms with van der Waals surface area (Å²) in [4.78, 5) is 2.59. The Morgan fingerprint density at radius 3 is 1.00 bits per heavy atom. The highest BCUT2D eigenvalue weighted by Gasteiger charge is 2.91. The summed E-state index contributed by atoms with van der Waals surface area (Å²) in [5.41, 5.74) is 6.36. The molecule has 116 valence electrons. The zero-order valence-electron chi connectivity index (χ0n) is 15.5. The summed E-state index contributed by atoms with van der Waals surface area (Å²) in [6, 6.07) is 0. The normalized spacial score (nSPS) is 40.3. The second kappa shape index (κ2) is 4.73. The monoisotopic (exact) mass is 270 g/mol. The maximum atomic E-state index is 4.50. The van der Waals surface area contributed by atoms with Crippen LogP contribution in [-0.4, -0.2) is 30.1 Å². The van der Waals surface area contributed by atoms with Gasteiger partial charge in [-0.3, -0.25) is 4.90 Å². The Hall–Kier alpha value is -0.0800. The number of fused-ring (bicyclic) bond motifs is 1. The molecule has 2 atom stereocenters. The molecule has 0 amide bonds. The zero-order valence-corrected chi connectivity index (χ0v) is 15.5. The number of likely N-dealkylation sites (tertiary alicyclic amines) is 1. The van der Waals surface area contributed by atoms with Crippen LogP contribution < -0.4 is 5.73 Å². The quantitative estimate of drug-likeness (QED) is 0.717. The minimum Gasteiger partial charge on any atom is -0.333 e. The molecule has 19 heavy (non-hydrogen) atoms. The smallest absolute Gasteiger partial charge is 0.0220 e. The fraction of sp³-hybridized carbons (Fsp3) is 1.00. The largest absolute Gasteiger partial charge is 0.333 e. The summed E-state index contributed by atoms with van der Waals surface area (Å²) in [5.74, 6) is 0. The summed E-state index contributed by atoms with van der Waals surface area (Å²) in [6.07, 6.45) is 0. The number of rotatable bonds is 0. The zero-order chi connectivity index (χ0) is 16.1. The minimum atomic E-state index is 0.286. The van der Waals surface area contributed by atoms with Crippen molar-refractivity contribution in [2.75, 3.05) is 14.1 Å². The lowest BCUT2D eigenvalue weighted by Gasteiger charge is -2.47. The van der Waals surface area contributed by atoms with E-state index in [0.29, 0.717) is 16.2 Å². The van der Waals surface area contributed by atoms with E-state index in [1.165, 1.54) is 7.05 Å². The number of nitrogens with two attached hydrogens (primary N) is 1. The van der Waals surface area contributed by atoms with Crippen LogP contribution in [-0.2, 0) is 0 Å². The third-order valence-corrected chi connectivity index (χ3v) is 7.56. The molecule has 2 heteroatoms. The molecule has 0 aromatic rings. The molecular weight excluding hydrogens is 232 g/mol. The van der Waals surface area contributed by atoms with Gasteiger partial charge in [0.05, 0.1) is 0 Å². The van der Waals surface area contributed by atoms with Crippen LogP contribution >= 0.6 is 0 Å². The van der Waals surface area contributed by atoms with Gasteiger partial charge in [0, 0.05) is 11.1 Å². The molecule has 0 bridgehead atoms. The molecule has 0 aromatic heterocycles. The number of nitrogens with zero attached hydrogens (tertiary/aromatic N) is 1. The van der Waals surface area contributed by atoms with Crippen molar-refractivity contribution >= 4 is 0 Å². The lowest BCUT2D eigenvalue weighted by atomic mass is 9.79. The Morgan fingerprint density at radius 1 is 0.632 bits per heavy atom. The number of hydrogen-bond donors (Lipinski definition) is 1. The van der Waals surface area contributed by atoms with Crippen LogP contribution in [0.4, 0.5) is 0 Å². The molecular formula is C17H38N2. The van der Waals surface area contributed by atoms with E-state index in [1.54, 1.807) is 0 Å². The lowest BCUT2D eigenvalue weighted by Crippen LogP contribution is -2.54. The average molecular weight is 271 g/mol. The number of hydrogen-bond acceptors (Lipinski definition) is 2. The van der Waals surface area contributed by atoms with Crippen LogP contribution in [0.1, 0.15) is 69.2 Å². The fourth-order valence-electron chi connectivity index (χ4n) is 5.47. The summed E-state index contributed by atoms with van der Waals surface area (Å²) in [7, 11) is 3.79. The van der Waals surface area contributed by atoms with Gasteiger partial charge in [-0.2, -0.15) is 0 Å². The average Bonchev–Trinajstić information content (AvgIpc) is 2.72. The van der Waals surface area contributed by atoms with Gasteiger partial charge in [0.25, 0.3) is 0 Å². The van der Waals surface area contributed by atoms with Crippen molar-refractivity contribution in [1.82, 2.24) is 4.90 Å². The minimum absolute atomic E-state index is 0.286. The van der Waals surface area contributed by atoms with Gasteiger partial charge in [0.1, 0.15) is 0 Å². The van der Waals surface area contributed by atoms with Crippen molar-refractivity contribution in [1.29, 1.82) is 0 Å². The second-order valence-corrected chi connectivity index (χ2v) is 7.55. The van der Waals surface area contributed by atoms with Gasteiger partial charge in [0.15, 0.2) is 0 Å². The SMILES string of the molecule is CC.CN.CN1C(C)(C)C2(C)C(C)(C)C2(C)C1(C)C. The molecule has 2 unspecified atom stereocenters. The van der Waals surface area contributed by atoms with E-state index in [9.17, 15) is 0 Å². The van der Waals surface area contributed by atoms with Crippen molar-refractivity contribution in [3.8, 4) is 0 Å². The van der Waals surface area contributed by atoms with E-state index in [-0.39, 0.29) is 11.1 Å². The van der Waals surface area contributed by atoms with E-state index in [0.717, 1.165) is 0 Å². The molecule has 1 heterocycles. The Morgan fingerprint density at radius 2 is 0.842 bits per heavy atom. The highest BCUT2D eigenvalue weighted by Crippen LogP contribution is 2.90. The number of piperidine rings is 1. The van der Waals surface area contributed by atoms with Gasteiger partial charge in [-0.05, 0) is 58.0 Å². The van der Waals surface area contributed by atoms with E-state index in [2.05, 4.69) is 73.1 Å². The first-order chi connectivity index (χ1) is 8.40. The third-order valence-electron chi connectivity index (χ3n) is 7.56. The van der Waals surface area contributed by atoms with Gasteiger partial charge in [0.2, 0.25) is 0 Å². The maximum absolute atomic E-state index is 4.50. The van der Waals surface area contributed by atoms with Crippen LogP contribution in [0.5, 0.6) is 0 Å². The summed E-state index contributed by atoms with van der Waals surface area (Å²) < 4.78 is 0. The van der Waals surface area contributed by atoms with Crippen LogP contribution in [0.15, 0.2) is 0 Å². The van der Waals surface area contributed by atoms with Crippen molar-refractivity contribution in [2.24, 2.45) is 22.0 Å². The van der Waals surface area contributed by atoms with Crippen LogP contribution in [0.3, 0.4) is 0 Å². The fourth-order valence-corrected chi connectivity index (χ4v) is 5.47. The first-order valence-electron chi connectivity index (χ1n) is 7.72. The van der Waals surface area contributed by atoms with Crippen molar-refractivity contribution in [3.05, 3.63) is 0 Å². The predicted molar refractivity (Wildman–Crippen MR) is 87.4 cm³/mol.